The van der Waals surface area contributed by atoms with Crippen LogP contribution in [0, 0.1) is 139 Å². The molecule has 99 heavy (non-hydrogen) atoms. The zero-order valence-electron chi connectivity index (χ0n) is 67.8. The molecule has 0 aliphatic heterocycles. The third-order valence-electron chi connectivity index (χ3n) is 33.4. The van der Waals surface area contributed by atoms with Gasteiger partial charge in [-0.2, -0.15) is 3.89 Å². The molecule has 0 heterocycles. The Bertz CT molecular complexity index is 2380. The Balaban J connectivity index is 0.000000170. The Hall–Kier alpha value is -0.740. The van der Waals surface area contributed by atoms with Crippen molar-refractivity contribution in [3.8, 4) is 0 Å². The smallest absolute Gasteiger partial charge is 0.0682 e. The number of hydrogen-bond acceptors (Lipinski definition) is 7. The minimum absolute atomic E-state index is 0.00530. The van der Waals surface area contributed by atoms with Gasteiger partial charge in [0.2, 0.25) is 0 Å². The summed E-state index contributed by atoms with van der Waals surface area (Å²) in [5.41, 5.74) is 5.16. The van der Waals surface area contributed by atoms with Crippen LogP contribution in [0.2, 0.25) is 0 Å². The van der Waals surface area contributed by atoms with E-state index in [-0.39, 0.29) is 46.7 Å². The Labute approximate surface area is 614 Å². The van der Waals surface area contributed by atoms with Crippen LogP contribution < -0.4 is 0 Å². The molecule has 0 bridgehead atoms. The second-order valence-corrected chi connectivity index (χ2v) is 42.1. The minimum Gasteiger partial charge on any atom is -0.393 e. The van der Waals surface area contributed by atoms with Gasteiger partial charge in [0.05, 0.1) is 35.1 Å². The summed E-state index contributed by atoms with van der Waals surface area (Å²) < 4.78 is 10.2. The van der Waals surface area contributed by atoms with Crippen LogP contribution in [0.25, 0.3) is 0 Å². The first kappa shape index (κ1) is 82.3. The summed E-state index contributed by atoms with van der Waals surface area (Å²) >= 11 is 0.250. The van der Waals surface area contributed by atoms with Gasteiger partial charge in [-0.25, -0.2) is 0 Å². The fourth-order valence-electron chi connectivity index (χ4n) is 26.7. The maximum atomic E-state index is 10.9. The molecule has 1 unspecified atom stereocenters. The van der Waals surface area contributed by atoms with E-state index >= 15 is 0 Å². The predicted octanol–water partition coefficient (Wildman–Crippen LogP) is 23.8. The molecule has 0 spiro atoms. The van der Waals surface area contributed by atoms with Crippen molar-refractivity contribution in [3.63, 3.8) is 0 Å². The van der Waals surface area contributed by atoms with Crippen molar-refractivity contribution in [3.05, 3.63) is 34.9 Å². The predicted molar refractivity (Wildman–Crippen MR) is 418 cm³/mol. The summed E-state index contributed by atoms with van der Waals surface area (Å²) in [6.07, 6.45) is 51.9. The van der Waals surface area contributed by atoms with Crippen molar-refractivity contribution in [1.29, 1.82) is 0 Å². The van der Waals surface area contributed by atoms with Crippen LogP contribution in [0.4, 0.5) is 3.89 Å². The zero-order valence-corrected chi connectivity index (χ0v) is 68.6. The van der Waals surface area contributed by atoms with E-state index in [9.17, 15) is 34.5 Å². The highest BCUT2D eigenvalue weighted by molar-refractivity contribution is 7.93. The van der Waals surface area contributed by atoms with Gasteiger partial charge in [0.15, 0.2) is 0 Å². The van der Waals surface area contributed by atoms with E-state index in [4.69, 9.17) is 0 Å². The Morgan fingerprint density at radius 1 is 0.394 bits per heavy atom. The SMILES string of the molecule is CC[C@]1(O)CC[C@H]2C(=CC[C@@H]3[C@@H]2CC[C@]2(C)[C@@H]([C@H](C)CCCC(O)C(C)(C)C)CC[C@@H]32)C1.CC[C@]1(O)CC[C@H]2C(=CC[C@@H]3[C@@H]2CC[C@]2(C)[C@@H]([C@H](C)CCC[C@@H](O)C(C)(C)C)CC[C@@H]32)C1.CC[C@]1(O)CC[C@H]2C(=CC[C@@H]3[C@@H]2CC[C@]2(C)[C@@H]([C@H](C)CCC[C@H](O)C(C)(C)C)CC[C@@H]32)C1.CSF. The molecule has 0 aromatic heterocycles. The molecule has 0 amide bonds. The molecule has 0 radical (unpaired) electrons. The molecule has 0 saturated heterocycles. The van der Waals surface area contributed by atoms with Crippen LogP contribution in [-0.2, 0) is 0 Å². The van der Waals surface area contributed by atoms with E-state index in [1.54, 1.807) is 16.7 Å². The van der Waals surface area contributed by atoms with E-state index in [1.165, 1.54) is 141 Å². The molecular formula is C91H159FO6S. The highest BCUT2D eigenvalue weighted by atomic mass is 32.2. The Kier molecular flexibility index (Phi) is 27.4. The van der Waals surface area contributed by atoms with Gasteiger partial charge in [-0.05, 0) is 332 Å². The van der Waals surface area contributed by atoms with Crippen LogP contribution in [0.3, 0.4) is 0 Å². The molecule has 6 N–H and O–H groups in total. The molecular weight excluding hydrogens is 1240 g/mol. The fourth-order valence-corrected chi connectivity index (χ4v) is 26.7. The lowest BCUT2D eigenvalue weighted by molar-refractivity contribution is -0.0463. The maximum absolute atomic E-state index is 10.9. The molecule has 0 aromatic rings. The molecule has 9 saturated carbocycles. The molecule has 6 nitrogen and oxygen atoms in total. The number of aliphatic hydroxyl groups is 6. The van der Waals surface area contributed by atoms with E-state index in [0.29, 0.717) is 16.2 Å². The van der Waals surface area contributed by atoms with Gasteiger partial charge < -0.3 is 30.6 Å². The quantitative estimate of drug-likeness (QED) is 0.0756. The molecule has 12 aliphatic carbocycles. The van der Waals surface area contributed by atoms with Gasteiger partial charge in [-0.3, -0.25) is 0 Å². The van der Waals surface area contributed by atoms with Crippen LogP contribution >= 0.6 is 12.1 Å². The first-order valence-electron chi connectivity index (χ1n) is 42.8. The molecule has 0 aromatic carbocycles. The van der Waals surface area contributed by atoms with Crippen LogP contribution in [0.15, 0.2) is 34.9 Å². The van der Waals surface area contributed by atoms with Crippen molar-refractivity contribution in [2.75, 3.05) is 6.26 Å². The summed E-state index contributed by atoms with van der Waals surface area (Å²) in [5, 5.41) is 64.0. The highest BCUT2D eigenvalue weighted by Crippen LogP contribution is 2.69. The summed E-state index contributed by atoms with van der Waals surface area (Å²) in [7, 11) is 0. The van der Waals surface area contributed by atoms with Crippen LogP contribution in [0.5, 0.6) is 0 Å². The first-order valence-corrected chi connectivity index (χ1v) is 43.9. The third kappa shape index (κ3) is 18.0. The monoisotopic (exact) mass is 1400 g/mol. The lowest BCUT2D eigenvalue weighted by Crippen LogP contribution is -2.48. The van der Waals surface area contributed by atoms with Crippen LogP contribution in [0.1, 0.15) is 356 Å². The van der Waals surface area contributed by atoms with E-state index < -0.39 is 16.8 Å². The van der Waals surface area contributed by atoms with Crippen molar-refractivity contribution in [2.24, 2.45) is 139 Å². The van der Waals surface area contributed by atoms with E-state index in [0.717, 1.165) is 203 Å². The first-order chi connectivity index (χ1) is 46.4. The number of hydrogen-bond donors (Lipinski definition) is 6. The van der Waals surface area contributed by atoms with Gasteiger partial charge in [0, 0.05) is 18.4 Å². The third-order valence-corrected chi connectivity index (χ3v) is 33.4. The average Bonchev–Trinajstić information content (AvgIpc) is 1.67. The second kappa shape index (κ2) is 33.0. The number of halogens is 1. The summed E-state index contributed by atoms with van der Waals surface area (Å²) in [6, 6.07) is 0. The normalized spacial score (nSPS) is 42.5. The molecule has 8 heteroatoms. The molecule has 572 valence electrons. The van der Waals surface area contributed by atoms with Crippen molar-refractivity contribution >= 4 is 12.1 Å². The van der Waals surface area contributed by atoms with Gasteiger partial charge >= 0.3 is 0 Å². The summed E-state index contributed by atoms with van der Waals surface area (Å²) in [4.78, 5) is 0. The Morgan fingerprint density at radius 3 is 0.859 bits per heavy atom. The Morgan fingerprint density at radius 2 is 0.636 bits per heavy atom. The van der Waals surface area contributed by atoms with Gasteiger partial charge in [0.25, 0.3) is 0 Å². The summed E-state index contributed by atoms with van der Waals surface area (Å²) in [5.74, 6) is 15.2. The number of fused-ring (bicyclic) bond motifs is 15. The van der Waals surface area contributed by atoms with Gasteiger partial charge in [-0.1, -0.05) is 198 Å². The molecule has 12 rings (SSSR count). The minimum atomic E-state index is -0.424. The zero-order chi connectivity index (χ0) is 72.6. The van der Waals surface area contributed by atoms with E-state index in [2.05, 4.69) is 143 Å². The largest absolute Gasteiger partial charge is 0.393 e. The second-order valence-electron chi connectivity index (χ2n) is 41.8. The van der Waals surface area contributed by atoms with Gasteiger partial charge in [0.1, 0.15) is 0 Å². The van der Waals surface area contributed by atoms with Crippen molar-refractivity contribution < 1.29 is 34.5 Å². The molecule has 9 fully saturated rings. The van der Waals surface area contributed by atoms with Crippen LogP contribution in [-0.4, -0.2) is 72.0 Å². The summed E-state index contributed by atoms with van der Waals surface area (Å²) in [6.45, 7) is 41.4. The molecule has 27 atom stereocenters. The number of aliphatic hydroxyl groups excluding tert-OH is 3. The van der Waals surface area contributed by atoms with Gasteiger partial charge in [-0.15, -0.1) is 0 Å². The lowest BCUT2D eigenvalue weighted by atomic mass is 9.50. The average molecular weight is 1400 g/mol. The van der Waals surface area contributed by atoms with E-state index in [1.807, 2.05) is 0 Å². The fraction of sp³-hybridized carbons (Fsp3) is 0.934. The van der Waals surface area contributed by atoms with Crippen molar-refractivity contribution in [2.45, 2.75) is 391 Å². The highest BCUT2D eigenvalue weighted by Gasteiger charge is 2.61. The number of rotatable bonds is 18. The topological polar surface area (TPSA) is 121 Å². The molecule has 12 aliphatic rings. The maximum Gasteiger partial charge on any atom is 0.0682 e. The van der Waals surface area contributed by atoms with Crippen molar-refractivity contribution in [1.82, 2.24) is 0 Å². The standard InChI is InChI=1S/3C30H52O2.CH3FS/c3*1-7-30(32)18-16-22-21(19-30)11-12-24-23(22)15-17-29(6)25(13-14-26(24)29)20(2)9-8-10-27(31)28(3,4)5;1-3-2/h3*11,20,22-27,31-32H,7-10,12-19H2,1-6H3;1H3/t20-,22+,23-,24-,25-,26+,27?,29-,30+;20-,22+,23-,24-,25-,26+,27+,29-,30+;20-,22+,23-,24-,25-,26+,27-,29-,30+;/m111./s1. The number of allylic oxidation sites excluding steroid dienone is 3. The lowest BCUT2D eigenvalue weighted by Gasteiger charge is -2.55.